The summed E-state index contributed by atoms with van der Waals surface area (Å²) >= 11 is 0. The Bertz CT molecular complexity index is 3830. The minimum absolute atomic E-state index is 0.00516. The summed E-state index contributed by atoms with van der Waals surface area (Å²) in [4.78, 5) is 72.3. The largest absolute Gasteiger partial charge is 0.481 e. The first-order valence-corrected chi connectivity index (χ1v) is 46.7. The molecule has 0 aliphatic carbocycles. The van der Waals surface area contributed by atoms with E-state index >= 15 is 0 Å². The molecule has 0 saturated heterocycles. The highest BCUT2D eigenvalue weighted by Gasteiger charge is 2.22. The van der Waals surface area contributed by atoms with Crippen LogP contribution >= 0.6 is 0 Å². The molecule has 10 N–H and O–H groups in total. The van der Waals surface area contributed by atoms with Crippen molar-refractivity contribution in [3.8, 4) is 53.5 Å². The van der Waals surface area contributed by atoms with Crippen LogP contribution in [0.1, 0.15) is 61.0 Å². The number of hydrogen-bond donors (Lipinski definition) is 8. The minimum atomic E-state index is -1.19. The maximum Gasteiger partial charge on any atom is 0.305 e. The summed E-state index contributed by atoms with van der Waals surface area (Å²) in [5.74, 6) is 8.87. The summed E-state index contributed by atoms with van der Waals surface area (Å²) in [5.41, 5.74) is 15.3. The monoisotopic (exact) mass is 1990 g/mol. The van der Waals surface area contributed by atoms with Crippen molar-refractivity contribution >= 4 is 35.6 Å². The number of carbonyl (C=O) groups is 6. The molecule has 2 aromatic heterocycles. The van der Waals surface area contributed by atoms with Crippen molar-refractivity contribution < 1.29 is 162 Å². The molecule has 4 aromatic rings. The van der Waals surface area contributed by atoms with Gasteiger partial charge in [0.25, 0.3) is 0 Å². The van der Waals surface area contributed by atoms with Crippen LogP contribution in [-0.4, -0.2) is 444 Å². The van der Waals surface area contributed by atoms with Gasteiger partial charge in [-0.2, -0.15) is 5.26 Å². The summed E-state index contributed by atoms with van der Waals surface area (Å²) in [6.45, 7) is 21.6. The molecule has 2 aromatic carbocycles. The van der Waals surface area contributed by atoms with E-state index < -0.39 is 42.8 Å². The number of aliphatic carboxylic acids is 2. The number of nitrogens with zero attached hydrogens (tertiary/aromatic N) is 7. The van der Waals surface area contributed by atoms with Crippen LogP contribution in [0.15, 0.2) is 60.9 Å². The first-order valence-electron chi connectivity index (χ1n) is 46.7. The van der Waals surface area contributed by atoms with E-state index in [0.717, 1.165) is 22.5 Å². The molecule has 2 heterocycles. The zero-order valence-electron chi connectivity index (χ0n) is 80.6. The number of aromatic nitrogens is 6. The molecule has 47 heteroatoms. The number of carboxylic acid groups (broad SMARTS) is 2. The third-order valence-electron chi connectivity index (χ3n) is 17.6. The van der Waals surface area contributed by atoms with E-state index in [2.05, 4.69) is 71.5 Å². The van der Waals surface area contributed by atoms with Gasteiger partial charge in [0.1, 0.15) is 11.4 Å². The molecule has 0 bridgehead atoms. The molecule has 0 radical (unpaired) electrons. The van der Waals surface area contributed by atoms with Gasteiger partial charge in [0.05, 0.1) is 380 Å². The fourth-order valence-corrected chi connectivity index (χ4v) is 11.0. The van der Waals surface area contributed by atoms with Gasteiger partial charge in [0, 0.05) is 81.0 Å². The van der Waals surface area contributed by atoms with E-state index in [1.807, 2.05) is 36.4 Å². The van der Waals surface area contributed by atoms with Gasteiger partial charge in [-0.1, -0.05) is 22.3 Å². The van der Waals surface area contributed by atoms with Gasteiger partial charge in [0.2, 0.25) is 23.6 Å². The van der Waals surface area contributed by atoms with Crippen molar-refractivity contribution in [3.63, 3.8) is 0 Å². The van der Waals surface area contributed by atoms with Crippen LogP contribution in [0.3, 0.4) is 0 Å². The summed E-state index contributed by atoms with van der Waals surface area (Å²) in [6, 6.07) is 14.8. The maximum atomic E-state index is 13.0. The lowest BCUT2D eigenvalue weighted by molar-refractivity contribution is -0.140. The van der Waals surface area contributed by atoms with E-state index in [-0.39, 0.29) is 96.1 Å². The Morgan fingerprint density at radius 3 is 0.786 bits per heavy atom. The van der Waals surface area contributed by atoms with Crippen molar-refractivity contribution in [1.29, 1.82) is 5.26 Å². The second-order valence-electron chi connectivity index (χ2n) is 28.9. The van der Waals surface area contributed by atoms with Crippen LogP contribution in [0.4, 0.5) is 0 Å². The molecule has 0 fully saturated rings. The highest BCUT2D eigenvalue weighted by atomic mass is 16.6. The Morgan fingerprint density at radius 2 is 0.543 bits per heavy atom. The molecule has 0 aliphatic rings. The summed E-state index contributed by atoms with van der Waals surface area (Å²) in [5, 5.41) is 53.3. The molecule has 140 heavy (non-hydrogen) atoms. The van der Waals surface area contributed by atoms with Crippen molar-refractivity contribution in [2.45, 2.75) is 63.8 Å². The van der Waals surface area contributed by atoms with Crippen molar-refractivity contribution in [2.24, 2.45) is 11.5 Å². The fraction of sp³-hybridized carbons (Fsp3) is 0.688. The topological polar surface area (TPSA) is 568 Å². The van der Waals surface area contributed by atoms with Crippen LogP contribution in [0.5, 0.6) is 0 Å². The van der Waals surface area contributed by atoms with Crippen LogP contribution in [0.2, 0.25) is 0 Å². The molecule has 0 saturated carbocycles. The van der Waals surface area contributed by atoms with E-state index in [4.69, 9.17) is 157 Å². The lowest BCUT2D eigenvalue weighted by atomic mass is 10.1. The highest BCUT2D eigenvalue weighted by molar-refractivity contribution is 5.83. The van der Waals surface area contributed by atoms with E-state index in [9.17, 15) is 28.8 Å². The molecule has 4 rings (SSSR count). The quantitative estimate of drug-likeness (QED) is 0.0203. The van der Waals surface area contributed by atoms with Gasteiger partial charge in [-0.3, -0.25) is 28.8 Å². The number of terminal acetylenes is 1. The Labute approximate surface area is 819 Å². The highest BCUT2D eigenvalue weighted by Crippen LogP contribution is 2.12. The molecule has 0 aliphatic heterocycles. The summed E-state index contributed by atoms with van der Waals surface area (Å²) < 4.78 is 146. The third-order valence-corrected chi connectivity index (χ3v) is 17.6. The van der Waals surface area contributed by atoms with Crippen molar-refractivity contribution in [3.05, 3.63) is 83.4 Å². The fourth-order valence-electron chi connectivity index (χ4n) is 11.0. The van der Waals surface area contributed by atoms with Crippen molar-refractivity contribution in [2.75, 3.05) is 357 Å². The number of carboxylic acids is 2. The number of carbonyl (C=O) groups excluding carboxylic acids is 4. The Hall–Kier alpha value is -9.41. The molecule has 47 nitrogen and oxygen atoms in total. The minimum Gasteiger partial charge on any atom is -0.481 e. The van der Waals surface area contributed by atoms with Gasteiger partial charge in [-0.05, 0) is 60.4 Å². The summed E-state index contributed by atoms with van der Waals surface area (Å²) in [6.07, 6.45) is 7.53. The number of nitrogens with two attached hydrogens (primary N) is 2. The number of nitrogens with one attached hydrogen (secondary N) is 4. The van der Waals surface area contributed by atoms with Gasteiger partial charge < -0.3 is 166 Å². The number of nitriles is 1. The Kier molecular flexibility index (Phi) is 84.2. The van der Waals surface area contributed by atoms with Crippen LogP contribution in [0, 0.1) is 47.4 Å². The zero-order valence-corrected chi connectivity index (χ0v) is 80.6. The number of ether oxygens (including phenoxy) is 26. The predicted molar refractivity (Wildman–Crippen MR) is 501 cm³/mol. The molecule has 0 unspecified atom stereocenters. The molecule has 0 atom stereocenters. The number of hydrogen-bond acceptors (Lipinski definition) is 39. The molecular formula is C93H147N13O34. The first kappa shape index (κ1) is 125. The van der Waals surface area contributed by atoms with E-state index in [1.54, 1.807) is 40.0 Å². The van der Waals surface area contributed by atoms with Crippen molar-refractivity contribution in [1.82, 2.24) is 51.3 Å². The predicted octanol–water partition coefficient (Wildman–Crippen LogP) is -0.545. The van der Waals surface area contributed by atoms with Gasteiger partial charge in [-0.15, -0.1) is 16.6 Å². The second-order valence-corrected chi connectivity index (χ2v) is 28.9. The van der Waals surface area contributed by atoms with Gasteiger partial charge in [0.15, 0.2) is 6.07 Å². The Balaban J connectivity index is 0.000000970. The van der Waals surface area contributed by atoms with Crippen LogP contribution < -0.4 is 32.7 Å². The van der Waals surface area contributed by atoms with Crippen LogP contribution in [-0.2, 0) is 165 Å². The molecule has 788 valence electrons. The maximum absolute atomic E-state index is 13.0. The number of amides is 4. The van der Waals surface area contributed by atoms with E-state index in [0.29, 0.717) is 328 Å². The van der Waals surface area contributed by atoms with E-state index in [1.165, 1.54) is 0 Å². The average molecular weight is 1990 g/mol. The van der Waals surface area contributed by atoms with Crippen LogP contribution in [0.25, 0.3) is 11.4 Å². The summed E-state index contributed by atoms with van der Waals surface area (Å²) in [7, 11) is 0. The average Bonchev–Trinajstić information content (AvgIpc) is 1.73. The zero-order chi connectivity index (χ0) is 100. The molecule has 4 amide bonds. The first-order chi connectivity index (χ1) is 68.8. The van der Waals surface area contributed by atoms with Gasteiger partial charge in [-0.25, -0.2) is 9.36 Å². The Morgan fingerprint density at radius 1 is 0.314 bits per heavy atom. The third kappa shape index (κ3) is 79.2. The molecular weight excluding hydrogens is 1840 g/mol. The lowest BCUT2D eigenvalue weighted by Gasteiger charge is -2.18. The number of rotatable bonds is 98. The standard InChI is InChI=1S/C65H112N8O24.C28H35N5O10/c1-2-3-4-59-5-7-62(8-6-59)73-57-61(71-72-73)58-97-54-53-96-52-51-95-50-49-94-44-39-87-34-29-82-24-19-77-14-9-63(74)70-60(55-64(75)68-12-17-80-22-27-85-32-37-90-42-47-92-45-40-88-35-30-83-25-20-78-15-10-66)56-65(76)69-13-18-81-23-28-86-33-38-91-43-48-93-46-41-89-36-31-84-26-21-79-16-11-67;29-8-1-2-22-3-5-25(6-4-22)33-20-24(31-32-33)21-43-17-16-42-15-14-41-13-12-40-11-10-39-9-7-26(34)30-23(18-27(35)36)19-28(37)38/h1,5-8,57,60H,9-56,58,66-67H2,(H,68,75)(H,69,76)(H,70,74);3-6,20,23H,7,9-19,21H2,(H,30,34)(H,35,36)(H,37,38). The second kappa shape index (κ2) is 94.5. The number of benzene rings is 2. The normalized spacial score (nSPS) is 11.1. The van der Waals surface area contributed by atoms with Gasteiger partial charge >= 0.3 is 11.9 Å². The molecule has 0 spiro atoms. The smallest absolute Gasteiger partial charge is 0.305 e. The SMILES string of the molecule is C#CC#Cc1ccc(-n2cc(COCCOCCOCCOCCOCCOCCOCCC(=O)NC(CC(=O)NCCOCCOCCOCCOCCOCCOCCOCCN)CC(=O)NCCOCCOCCOCCOCCOCCOCCOCCN)nn2)cc1.N#CC#Cc1ccc(-n2cc(COCCOCCOCCOCCOCCC(=O)NC(CC(=O)O)CC(=O)O)nn2)cc1. The lowest BCUT2D eigenvalue weighted by Crippen LogP contribution is -2.43.